The van der Waals surface area contributed by atoms with Crippen molar-refractivity contribution in [2.24, 2.45) is 4.99 Å². The number of aliphatic imine (C=N–C) groups is 1. The molecule has 30 heavy (non-hydrogen) atoms. The summed E-state index contributed by atoms with van der Waals surface area (Å²) in [7, 11) is 1.74. The maximum Gasteiger partial charge on any atom is 0.287 e. The highest BCUT2D eigenvalue weighted by molar-refractivity contribution is 5.92. The number of halogens is 1. The number of carbonyl (C=O) groups is 1. The number of hydrogen-bond donors (Lipinski definition) is 3. The van der Waals surface area contributed by atoms with Gasteiger partial charge in [0.2, 0.25) is 0 Å². The first kappa shape index (κ1) is 21.7. The summed E-state index contributed by atoms with van der Waals surface area (Å²) in [6, 6.07) is 8.73. The third-order valence-electron chi connectivity index (χ3n) is 5.16. The van der Waals surface area contributed by atoms with Gasteiger partial charge in [-0.1, -0.05) is 6.07 Å². The van der Waals surface area contributed by atoms with Crippen LogP contribution in [0.3, 0.4) is 0 Å². The van der Waals surface area contributed by atoms with Crippen molar-refractivity contribution >= 4 is 17.6 Å². The number of benzene rings is 1. The van der Waals surface area contributed by atoms with Crippen molar-refractivity contribution < 1.29 is 13.6 Å². The minimum Gasteiger partial charge on any atom is -0.459 e. The second kappa shape index (κ2) is 10.7. The summed E-state index contributed by atoms with van der Waals surface area (Å²) in [6.45, 7) is 4.78. The van der Waals surface area contributed by atoms with Crippen molar-refractivity contribution in [3.8, 4) is 0 Å². The molecule has 1 aromatic carbocycles. The van der Waals surface area contributed by atoms with Gasteiger partial charge in [0.15, 0.2) is 11.7 Å². The number of hydrogen-bond acceptors (Lipinski definition) is 4. The van der Waals surface area contributed by atoms with Crippen LogP contribution in [0.1, 0.15) is 35.4 Å². The first-order valence-electron chi connectivity index (χ1n) is 10.4. The van der Waals surface area contributed by atoms with Crippen molar-refractivity contribution in [1.82, 2.24) is 16.0 Å². The van der Waals surface area contributed by atoms with Crippen molar-refractivity contribution in [3.05, 3.63) is 53.7 Å². The van der Waals surface area contributed by atoms with Crippen LogP contribution in [0.25, 0.3) is 0 Å². The predicted octanol–water partition coefficient (Wildman–Crippen LogP) is 2.68. The van der Waals surface area contributed by atoms with Crippen LogP contribution in [0.5, 0.6) is 0 Å². The molecule has 8 heteroatoms. The number of amides is 1. The van der Waals surface area contributed by atoms with E-state index in [0.717, 1.165) is 49.6 Å². The van der Waals surface area contributed by atoms with Gasteiger partial charge in [0.25, 0.3) is 5.91 Å². The smallest absolute Gasteiger partial charge is 0.287 e. The van der Waals surface area contributed by atoms with E-state index in [1.807, 2.05) is 13.0 Å². The summed E-state index contributed by atoms with van der Waals surface area (Å²) in [6.07, 6.45) is 4.34. The molecule has 162 valence electrons. The van der Waals surface area contributed by atoms with Gasteiger partial charge in [-0.25, -0.2) is 4.39 Å². The lowest BCUT2D eigenvalue weighted by atomic mass is 10.0. The minimum atomic E-state index is -0.214. The van der Waals surface area contributed by atoms with Gasteiger partial charge in [0, 0.05) is 50.5 Å². The molecule has 1 saturated heterocycles. The van der Waals surface area contributed by atoms with E-state index in [1.54, 1.807) is 25.2 Å². The Bertz CT molecular complexity index is 867. The van der Waals surface area contributed by atoms with Gasteiger partial charge in [-0.15, -0.1) is 0 Å². The molecular weight excluding hydrogens is 385 g/mol. The Hall–Kier alpha value is -3.03. The van der Waals surface area contributed by atoms with Crippen LogP contribution in [0, 0.1) is 12.7 Å². The van der Waals surface area contributed by atoms with E-state index in [0.29, 0.717) is 18.8 Å². The quantitative estimate of drug-likeness (QED) is 0.368. The zero-order valence-corrected chi connectivity index (χ0v) is 17.6. The Morgan fingerprint density at radius 3 is 2.87 bits per heavy atom. The van der Waals surface area contributed by atoms with Gasteiger partial charge in [-0.2, -0.15) is 0 Å². The second-order valence-corrected chi connectivity index (χ2v) is 7.45. The van der Waals surface area contributed by atoms with Crippen LogP contribution in [-0.4, -0.2) is 51.1 Å². The van der Waals surface area contributed by atoms with E-state index in [4.69, 9.17) is 4.42 Å². The SMILES string of the molecule is CN=C(NCCCNC(=O)c1occc1C)NC1CCCN(c2cccc(F)c2)C1. The Morgan fingerprint density at radius 2 is 2.13 bits per heavy atom. The molecule has 7 nitrogen and oxygen atoms in total. The molecule has 1 aliphatic heterocycles. The number of guanidine groups is 1. The molecule has 1 unspecified atom stereocenters. The van der Waals surface area contributed by atoms with Crippen molar-refractivity contribution in [3.63, 3.8) is 0 Å². The molecule has 0 saturated carbocycles. The van der Waals surface area contributed by atoms with Gasteiger partial charge in [-0.05, 0) is 50.5 Å². The van der Waals surface area contributed by atoms with Crippen LogP contribution in [0.4, 0.5) is 10.1 Å². The van der Waals surface area contributed by atoms with E-state index >= 15 is 0 Å². The van der Waals surface area contributed by atoms with E-state index in [-0.39, 0.29) is 17.8 Å². The lowest BCUT2D eigenvalue weighted by Crippen LogP contribution is -2.51. The zero-order chi connectivity index (χ0) is 21.3. The molecule has 0 radical (unpaired) electrons. The van der Waals surface area contributed by atoms with Gasteiger partial charge in [-0.3, -0.25) is 9.79 Å². The van der Waals surface area contributed by atoms with Crippen LogP contribution in [0.2, 0.25) is 0 Å². The molecule has 2 heterocycles. The van der Waals surface area contributed by atoms with Gasteiger partial charge in [0.1, 0.15) is 5.82 Å². The summed E-state index contributed by atoms with van der Waals surface area (Å²) < 4.78 is 18.7. The van der Waals surface area contributed by atoms with Crippen LogP contribution < -0.4 is 20.9 Å². The highest BCUT2D eigenvalue weighted by Crippen LogP contribution is 2.20. The molecule has 0 aliphatic carbocycles. The number of nitrogens with zero attached hydrogens (tertiary/aromatic N) is 2. The topological polar surface area (TPSA) is 81.9 Å². The van der Waals surface area contributed by atoms with Crippen molar-refractivity contribution in [2.45, 2.75) is 32.2 Å². The van der Waals surface area contributed by atoms with Crippen LogP contribution >= 0.6 is 0 Å². The number of carbonyl (C=O) groups excluding carboxylic acids is 1. The highest BCUT2D eigenvalue weighted by Gasteiger charge is 2.21. The molecule has 3 N–H and O–H groups in total. The predicted molar refractivity (Wildman–Crippen MR) is 117 cm³/mol. The zero-order valence-electron chi connectivity index (χ0n) is 17.6. The third-order valence-corrected chi connectivity index (χ3v) is 5.16. The third kappa shape index (κ3) is 5.98. The Morgan fingerprint density at radius 1 is 1.30 bits per heavy atom. The maximum atomic E-state index is 13.5. The molecule has 0 spiro atoms. The van der Waals surface area contributed by atoms with E-state index in [1.165, 1.54) is 12.3 Å². The molecular formula is C22H30FN5O2. The lowest BCUT2D eigenvalue weighted by Gasteiger charge is -2.35. The van der Waals surface area contributed by atoms with Gasteiger partial charge < -0.3 is 25.3 Å². The Balaban J connectivity index is 1.39. The van der Waals surface area contributed by atoms with E-state index in [9.17, 15) is 9.18 Å². The number of nitrogens with one attached hydrogen (secondary N) is 3. The van der Waals surface area contributed by atoms with Crippen molar-refractivity contribution in [1.29, 1.82) is 0 Å². The first-order valence-corrected chi connectivity index (χ1v) is 10.4. The lowest BCUT2D eigenvalue weighted by molar-refractivity contribution is 0.0925. The summed E-state index contributed by atoms with van der Waals surface area (Å²) in [4.78, 5) is 18.5. The summed E-state index contributed by atoms with van der Waals surface area (Å²) in [5.41, 5.74) is 1.74. The fraction of sp³-hybridized carbons (Fsp3) is 0.455. The normalized spacial score (nSPS) is 17.0. The largest absolute Gasteiger partial charge is 0.459 e. The molecule has 1 amide bonds. The summed E-state index contributed by atoms with van der Waals surface area (Å²) in [5, 5.41) is 9.59. The second-order valence-electron chi connectivity index (χ2n) is 7.45. The molecule has 1 fully saturated rings. The number of anilines is 1. The first-order chi connectivity index (χ1) is 14.6. The maximum absolute atomic E-state index is 13.5. The summed E-state index contributed by atoms with van der Waals surface area (Å²) >= 11 is 0. The molecule has 0 bridgehead atoms. The monoisotopic (exact) mass is 415 g/mol. The molecule has 3 rings (SSSR count). The van der Waals surface area contributed by atoms with E-state index in [2.05, 4.69) is 25.8 Å². The molecule has 1 aromatic heterocycles. The average molecular weight is 416 g/mol. The fourth-order valence-corrected chi connectivity index (χ4v) is 3.57. The molecule has 2 aromatic rings. The highest BCUT2D eigenvalue weighted by atomic mass is 19.1. The molecule has 1 atom stereocenters. The summed E-state index contributed by atoms with van der Waals surface area (Å²) in [5.74, 6) is 0.684. The minimum absolute atomic E-state index is 0.195. The van der Waals surface area contributed by atoms with Crippen LogP contribution in [0.15, 0.2) is 46.0 Å². The van der Waals surface area contributed by atoms with E-state index < -0.39 is 0 Å². The number of aryl methyl sites for hydroxylation is 1. The number of furan rings is 1. The van der Waals surface area contributed by atoms with Gasteiger partial charge in [0.05, 0.1) is 6.26 Å². The Labute approximate surface area is 176 Å². The molecule has 1 aliphatic rings. The van der Waals surface area contributed by atoms with Crippen molar-refractivity contribution in [2.75, 3.05) is 38.1 Å². The van der Waals surface area contributed by atoms with Crippen LogP contribution in [-0.2, 0) is 0 Å². The Kier molecular flexibility index (Phi) is 7.70. The number of piperidine rings is 1. The van der Waals surface area contributed by atoms with Gasteiger partial charge >= 0.3 is 0 Å². The standard InChI is InChI=1S/C22H30FN5O2/c1-16-9-13-30-20(16)21(29)25-10-5-11-26-22(24-2)27-18-7-4-12-28(15-18)19-8-3-6-17(23)14-19/h3,6,8-9,13-14,18H,4-5,7,10-12,15H2,1-2H3,(H,25,29)(H2,24,26,27). The average Bonchev–Trinajstić information content (AvgIpc) is 3.18. The number of rotatable bonds is 7. The fourth-order valence-electron chi connectivity index (χ4n) is 3.57.